The highest BCUT2D eigenvalue weighted by atomic mass is 16.5. The summed E-state index contributed by atoms with van der Waals surface area (Å²) < 4.78 is 16.2. The van der Waals surface area contributed by atoms with E-state index in [1.165, 1.54) is 32.1 Å². The maximum absolute atomic E-state index is 5.94. The van der Waals surface area contributed by atoms with Gasteiger partial charge in [0.05, 0.1) is 21.3 Å². The molecule has 0 saturated heterocycles. The number of benzene rings is 1. The van der Waals surface area contributed by atoms with Crippen LogP contribution in [0.4, 0.5) is 0 Å². The average Bonchev–Trinajstić information content (AvgIpc) is 2.66. The van der Waals surface area contributed by atoms with Crippen LogP contribution in [0.25, 0.3) is 0 Å². The van der Waals surface area contributed by atoms with Gasteiger partial charge in [0.2, 0.25) is 5.75 Å². The highest BCUT2D eigenvalue weighted by molar-refractivity contribution is 5.77. The van der Waals surface area contributed by atoms with Crippen LogP contribution in [-0.2, 0) is 6.42 Å². The maximum Gasteiger partial charge on any atom is 0.203 e. The Balaban J connectivity index is 2.41. The summed E-state index contributed by atoms with van der Waals surface area (Å²) in [6.45, 7) is 3.69. The number of unbranched alkanes of at least 4 members (excludes halogenated alkanes) is 5. The molecular formula is C20H35N3O3. The second-order valence-corrected chi connectivity index (χ2v) is 6.20. The Hall–Kier alpha value is -2.11. The first-order valence-electron chi connectivity index (χ1n) is 9.49. The average molecular weight is 366 g/mol. The third kappa shape index (κ3) is 7.42. The van der Waals surface area contributed by atoms with Crippen LogP contribution in [-0.4, -0.2) is 40.4 Å². The molecule has 0 unspecified atom stereocenters. The number of methoxy groups -OCH3 is 3. The molecule has 6 heteroatoms. The van der Waals surface area contributed by atoms with Gasteiger partial charge < -0.3 is 25.3 Å². The number of guanidine groups is 1. The van der Waals surface area contributed by atoms with Crippen molar-refractivity contribution in [2.45, 2.75) is 51.9 Å². The number of nitrogens with one attached hydrogen (secondary N) is 1. The van der Waals surface area contributed by atoms with Gasteiger partial charge in [0.25, 0.3) is 0 Å². The van der Waals surface area contributed by atoms with Crippen LogP contribution < -0.4 is 25.3 Å². The minimum atomic E-state index is 0.498. The molecule has 0 aliphatic heterocycles. The van der Waals surface area contributed by atoms with Gasteiger partial charge in [-0.3, -0.25) is 4.99 Å². The quantitative estimate of drug-likeness (QED) is 0.318. The number of hydrogen-bond acceptors (Lipinski definition) is 4. The Morgan fingerprint density at radius 2 is 1.65 bits per heavy atom. The second kappa shape index (κ2) is 13.1. The summed E-state index contributed by atoms with van der Waals surface area (Å²) >= 11 is 0. The van der Waals surface area contributed by atoms with E-state index in [0.717, 1.165) is 24.9 Å². The summed E-state index contributed by atoms with van der Waals surface area (Å²) in [5, 5.41) is 3.16. The zero-order valence-electron chi connectivity index (χ0n) is 16.8. The van der Waals surface area contributed by atoms with Crippen molar-refractivity contribution in [2.75, 3.05) is 34.4 Å². The first-order valence-corrected chi connectivity index (χ1v) is 9.49. The van der Waals surface area contributed by atoms with Crippen LogP contribution >= 0.6 is 0 Å². The monoisotopic (exact) mass is 365 g/mol. The van der Waals surface area contributed by atoms with E-state index in [-0.39, 0.29) is 0 Å². The lowest BCUT2D eigenvalue weighted by atomic mass is 10.1. The van der Waals surface area contributed by atoms with E-state index in [1.807, 2.05) is 12.1 Å². The fraction of sp³-hybridized carbons (Fsp3) is 0.650. The van der Waals surface area contributed by atoms with Crippen LogP contribution in [0.15, 0.2) is 17.1 Å². The standard InChI is InChI=1S/C20H35N3O3/c1-5-6-7-8-9-10-14-22-20(21)23-15-13-16-11-12-17(24-2)19(26-4)18(16)25-3/h11-12H,5-10,13-15H2,1-4H3,(H3,21,22,23). The molecule has 0 saturated carbocycles. The van der Waals surface area contributed by atoms with Crippen molar-refractivity contribution in [3.05, 3.63) is 17.7 Å². The Morgan fingerprint density at radius 3 is 2.31 bits per heavy atom. The summed E-state index contributed by atoms with van der Waals surface area (Å²) in [7, 11) is 4.85. The Kier molecular flexibility index (Phi) is 11.1. The van der Waals surface area contributed by atoms with E-state index >= 15 is 0 Å². The van der Waals surface area contributed by atoms with Gasteiger partial charge in [0, 0.05) is 18.7 Å². The second-order valence-electron chi connectivity index (χ2n) is 6.20. The molecule has 0 radical (unpaired) electrons. The Labute approximate surface area is 158 Å². The van der Waals surface area contributed by atoms with Gasteiger partial charge >= 0.3 is 0 Å². The summed E-state index contributed by atoms with van der Waals surface area (Å²) in [4.78, 5) is 4.38. The van der Waals surface area contributed by atoms with Crippen molar-refractivity contribution in [2.24, 2.45) is 10.7 Å². The molecule has 0 aromatic heterocycles. The van der Waals surface area contributed by atoms with Gasteiger partial charge in [-0.25, -0.2) is 0 Å². The van der Waals surface area contributed by atoms with Crippen molar-refractivity contribution in [3.8, 4) is 17.2 Å². The normalized spacial score (nSPS) is 11.3. The molecule has 0 aliphatic rings. The van der Waals surface area contributed by atoms with Gasteiger partial charge in [0.1, 0.15) is 0 Å². The molecule has 0 fully saturated rings. The highest BCUT2D eigenvalue weighted by Crippen LogP contribution is 2.39. The third-order valence-electron chi connectivity index (χ3n) is 4.28. The van der Waals surface area contributed by atoms with E-state index in [9.17, 15) is 0 Å². The fourth-order valence-electron chi connectivity index (χ4n) is 2.83. The molecule has 1 aromatic rings. The van der Waals surface area contributed by atoms with E-state index in [1.54, 1.807) is 21.3 Å². The molecule has 6 nitrogen and oxygen atoms in total. The number of aliphatic imine (C=N–C) groups is 1. The van der Waals surface area contributed by atoms with Crippen molar-refractivity contribution < 1.29 is 14.2 Å². The number of ether oxygens (including phenoxy) is 3. The summed E-state index contributed by atoms with van der Waals surface area (Å²) in [5.41, 5.74) is 6.96. The molecular weight excluding hydrogens is 330 g/mol. The van der Waals surface area contributed by atoms with E-state index in [0.29, 0.717) is 29.8 Å². The minimum Gasteiger partial charge on any atom is -0.493 e. The van der Waals surface area contributed by atoms with E-state index in [2.05, 4.69) is 17.2 Å². The van der Waals surface area contributed by atoms with Crippen molar-refractivity contribution in [1.29, 1.82) is 0 Å². The minimum absolute atomic E-state index is 0.498. The number of nitrogens with two attached hydrogens (primary N) is 1. The molecule has 0 atom stereocenters. The van der Waals surface area contributed by atoms with Crippen LogP contribution in [0.5, 0.6) is 17.2 Å². The zero-order valence-corrected chi connectivity index (χ0v) is 16.8. The summed E-state index contributed by atoms with van der Waals surface area (Å²) in [5.74, 6) is 2.45. The molecule has 0 amide bonds. The molecule has 3 N–H and O–H groups in total. The molecule has 0 aliphatic carbocycles. The molecule has 0 bridgehead atoms. The van der Waals surface area contributed by atoms with Gasteiger partial charge in [-0.2, -0.15) is 0 Å². The largest absolute Gasteiger partial charge is 0.493 e. The predicted octanol–water partition coefficient (Wildman–Crippen LogP) is 3.52. The lowest BCUT2D eigenvalue weighted by Crippen LogP contribution is -2.33. The maximum atomic E-state index is 5.94. The van der Waals surface area contributed by atoms with Crippen molar-refractivity contribution in [1.82, 2.24) is 5.32 Å². The summed E-state index contributed by atoms with van der Waals surface area (Å²) in [6.07, 6.45) is 8.27. The first-order chi connectivity index (χ1) is 12.7. The smallest absolute Gasteiger partial charge is 0.203 e. The topological polar surface area (TPSA) is 78.1 Å². The van der Waals surface area contributed by atoms with Gasteiger partial charge in [-0.1, -0.05) is 45.1 Å². The molecule has 0 spiro atoms. The Morgan fingerprint density at radius 1 is 0.962 bits per heavy atom. The predicted molar refractivity (Wildman–Crippen MR) is 108 cm³/mol. The molecule has 0 heterocycles. The number of rotatable bonds is 13. The van der Waals surface area contributed by atoms with Crippen LogP contribution in [0, 0.1) is 0 Å². The van der Waals surface area contributed by atoms with Crippen molar-refractivity contribution in [3.63, 3.8) is 0 Å². The van der Waals surface area contributed by atoms with Gasteiger partial charge in [-0.15, -0.1) is 0 Å². The third-order valence-corrected chi connectivity index (χ3v) is 4.28. The Bertz CT molecular complexity index is 547. The number of nitrogens with zero attached hydrogens (tertiary/aromatic N) is 1. The molecule has 26 heavy (non-hydrogen) atoms. The molecule has 1 rings (SSSR count). The SMILES string of the molecule is CCCCCCCCN=C(N)NCCc1ccc(OC)c(OC)c1OC. The molecule has 1 aromatic carbocycles. The lowest BCUT2D eigenvalue weighted by Gasteiger charge is -2.16. The highest BCUT2D eigenvalue weighted by Gasteiger charge is 2.15. The van der Waals surface area contributed by atoms with E-state index < -0.39 is 0 Å². The van der Waals surface area contributed by atoms with Crippen LogP contribution in [0.3, 0.4) is 0 Å². The van der Waals surface area contributed by atoms with Crippen molar-refractivity contribution >= 4 is 5.96 Å². The van der Waals surface area contributed by atoms with Gasteiger partial charge in [-0.05, 0) is 18.9 Å². The summed E-state index contributed by atoms with van der Waals surface area (Å²) in [6, 6.07) is 3.86. The number of hydrogen-bond donors (Lipinski definition) is 2. The van der Waals surface area contributed by atoms with Gasteiger partial charge in [0.15, 0.2) is 17.5 Å². The first kappa shape index (κ1) is 21.9. The lowest BCUT2D eigenvalue weighted by molar-refractivity contribution is 0.322. The molecule has 148 valence electrons. The fourth-order valence-corrected chi connectivity index (χ4v) is 2.83. The van der Waals surface area contributed by atoms with Crippen LogP contribution in [0.2, 0.25) is 0 Å². The zero-order chi connectivity index (χ0) is 19.2. The van der Waals surface area contributed by atoms with E-state index in [4.69, 9.17) is 19.9 Å². The van der Waals surface area contributed by atoms with Crippen LogP contribution in [0.1, 0.15) is 51.0 Å².